The van der Waals surface area contributed by atoms with E-state index in [1.165, 1.54) is 32.5 Å². The van der Waals surface area contributed by atoms with Crippen LogP contribution in [0.4, 0.5) is 0 Å². The van der Waals surface area contributed by atoms with Crippen LogP contribution in [0.2, 0.25) is 0 Å². The molecule has 1 unspecified atom stereocenters. The lowest BCUT2D eigenvalue weighted by Gasteiger charge is -2.24. The molecule has 2 rings (SSSR count). The molecule has 0 amide bonds. The molecule has 0 saturated carbocycles. The van der Waals surface area contributed by atoms with Crippen molar-refractivity contribution in [2.45, 2.75) is 33.6 Å². The fourth-order valence-electron chi connectivity index (χ4n) is 3.23. The highest BCUT2D eigenvalue weighted by molar-refractivity contribution is 14.0. The van der Waals surface area contributed by atoms with E-state index < -0.39 is 0 Å². The normalized spacial score (nSPS) is 26.7. The SMILES string of the molecule is CCN1CCC(CNC(=NC)N2CCC(C)(C)C2)C1.I. The van der Waals surface area contributed by atoms with Crippen molar-refractivity contribution in [3.05, 3.63) is 0 Å². The van der Waals surface area contributed by atoms with E-state index in [0.717, 1.165) is 31.5 Å². The molecule has 0 aromatic carbocycles. The van der Waals surface area contributed by atoms with E-state index in [-0.39, 0.29) is 24.0 Å². The topological polar surface area (TPSA) is 30.9 Å². The Kier molecular flexibility index (Phi) is 7.04. The summed E-state index contributed by atoms with van der Waals surface area (Å²) in [6.45, 7) is 14.0. The van der Waals surface area contributed by atoms with Gasteiger partial charge in [0.25, 0.3) is 0 Å². The highest BCUT2D eigenvalue weighted by atomic mass is 127. The molecule has 4 nitrogen and oxygen atoms in total. The lowest BCUT2D eigenvalue weighted by atomic mass is 9.93. The van der Waals surface area contributed by atoms with Crippen LogP contribution < -0.4 is 5.32 Å². The Labute approximate surface area is 141 Å². The monoisotopic (exact) mass is 394 g/mol. The van der Waals surface area contributed by atoms with Gasteiger partial charge in [0.1, 0.15) is 0 Å². The molecule has 2 aliphatic heterocycles. The molecule has 0 aliphatic carbocycles. The zero-order valence-electron chi connectivity index (χ0n) is 13.5. The van der Waals surface area contributed by atoms with E-state index in [4.69, 9.17) is 0 Å². The van der Waals surface area contributed by atoms with Gasteiger partial charge in [-0.15, -0.1) is 24.0 Å². The number of guanidine groups is 1. The molecule has 118 valence electrons. The van der Waals surface area contributed by atoms with Crippen molar-refractivity contribution < 1.29 is 0 Å². The van der Waals surface area contributed by atoms with Gasteiger partial charge in [0.2, 0.25) is 0 Å². The minimum Gasteiger partial charge on any atom is -0.356 e. The van der Waals surface area contributed by atoms with Gasteiger partial charge in [-0.3, -0.25) is 4.99 Å². The van der Waals surface area contributed by atoms with Crippen LogP contribution in [-0.4, -0.2) is 62.1 Å². The number of hydrogen-bond donors (Lipinski definition) is 1. The summed E-state index contributed by atoms with van der Waals surface area (Å²) in [5.74, 6) is 1.88. The number of hydrogen-bond acceptors (Lipinski definition) is 2. The molecule has 20 heavy (non-hydrogen) atoms. The summed E-state index contributed by atoms with van der Waals surface area (Å²) in [7, 11) is 1.90. The van der Waals surface area contributed by atoms with Crippen molar-refractivity contribution in [2.75, 3.05) is 46.3 Å². The number of halogens is 1. The lowest BCUT2D eigenvalue weighted by molar-refractivity contribution is 0.339. The first kappa shape index (κ1) is 18.0. The second kappa shape index (κ2) is 7.82. The molecular formula is C15H31IN4. The molecule has 1 N–H and O–H groups in total. The third-order valence-electron chi connectivity index (χ3n) is 4.55. The molecule has 0 aromatic heterocycles. The smallest absolute Gasteiger partial charge is 0.193 e. The molecule has 0 radical (unpaired) electrons. The quantitative estimate of drug-likeness (QED) is 0.453. The van der Waals surface area contributed by atoms with Crippen LogP contribution in [0.25, 0.3) is 0 Å². The predicted molar refractivity (Wildman–Crippen MR) is 97.0 cm³/mol. The number of likely N-dealkylation sites (tertiary alicyclic amines) is 2. The van der Waals surface area contributed by atoms with Crippen molar-refractivity contribution in [2.24, 2.45) is 16.3 Å². The Morgan fingerprint density at radius 2 is 2.10 bits per heavy atom. The standard InChI is InChI=1S/C15H30N4.HI/c1-5-18-8-6-13(11-18)10-17-14(16-4)19-9-7-15(2,3)12-19;/h13H,5-12H2,1-4H3,(H,16,17);1H. The zero-order chi connectivity index (χ0) is 13.9. The molecule has 0 aromatic rings. The van der Waals surface area contributed by atoms with Crippen molar-refractivity contribution >= 4 is 29.9 Å². The van der Waals surface area contributed by atoms with E-state index in [0.29, 0.717) is 5.41 Å². The van der Waals surface area contributed by atoms with E-state index in [1.54, 1.807) is 0 Å². The van der Waals surface area contributed by atoms with Gasteiger partial charge in [-0.2, -0.15) is 0 Å². The van der Waals surface area contributed by atoms with E-state index in [1.807, 2.05) is 7.05 Å². The maximum Gasteiger partial charge on any atom is 0.193 e. The van der Waals surface area contributed by atoms with Gasteiger partial charge in [0.05, 0.1) is 0 Å². The van der Waals surface area contributed by atoms with Crippen LogP contribution in [0, 0.1) is 11.3 Å². The number of nitrogens with one attached hydrogen (secondary N) is 1. The van der Waals surface area contributed by atoms with Gasteiger partial charge in [0.15, 0.2) is 5.96 Å². The Bertz CT molecular complexity index is 330. The zero-order valence-corrected chi connectivity index (χ0v) is 15.8. The number of nitrogens with zero attached hydrogens (tertiary/aromatic N) is 3. The fraction of sp³-hybridized carbons (Fsp3) is 0.933. The first-order chi connectivity index (χ1) is 9.04. The maximum absolute atomic E-state index is 4.45. The minimum absolute atomic E-state index is 0. The second-order valence-electron chi connectivity index (χ2n) is 6.81. The van der Waals surface area contributed by atoms with E-state index in [2.05, 4.69) is 40.9 Å². The largest absolute Gasteiger partial charge is 0.356 e. The number of aliphatic imine (C=N–C) groups is 1. The minimum atomic E-state index is 0. The van der Waals surface area contributed by atoms with Crippen LogP contribution in [-0.2, 0) is 0 Å². The Morgan fingerprint density at radius 3 is 2.60 bits per heavy atom. The van der Waals surface area contributed by atoms with Crippen molar-refractivity contribution in [1.82, 2.24) is 15.1 Å². The molecule has 2 saturated heterocycles. The summed E-state index contributed by atoms with van der Waals surface area (Å²) in [5.41, 5.74) is 0.435. The van der Waals surface area contributed by atoms with Crippen LogP contribution in [0.15, 0.2) is 4.99 Å². The Balaban J connectivity index is 0.00000200. The molecule has 0 bridgehead atoms. The fourth-order valence-corrected chi connectivity index (χ4v) is 3.23. The average molecular weight is 394 g/mol. The maximum atomic E-state index is 4.45. The first-order valence-corrected chi connectivity index (χ1v) is 7.72. The lowest BCUT2D eigenvalue weighted by Crippen LogP contribution is -2.42. The average Bonchev–Trinajstić information content (AvgIpc) is 2.97. The summed E-state index contributed by atoms with van der Waals surface area (Å²) in [5, 5.41) is 3.58. The van der Waals surface area contributed by atoms with Gasteiger partial charge < -0.3 is 15.1 Å². The van der Waals surface area contributed by atoms with E-state index >= 15 is 0 Å². The highest BCUT2D eigenvalue weighted by Gasteiger charge is 2.31. The molecule has 2 aliphatic rings. The first-order valence-electron chi connectivity index (χ1n) is 7.72. The molecule has 1 atom stereocenters. The van der Waals surface area contributed by atoms with Gasteiger partial charge >= 0.3 is 0 Å². The molecule has 5 heteroatoms. The summed E-state index contributed by atoms with van der Waals surface area (Å²) < 4.78 is 0. The third kappa shape index (κ3) is 4.76. The second-order valence-corrected chi connectivity index (χ2v) is 6.81. The van der Waals surface area contributed by atoms with Gasteiger partial charge in [-0.05, 0) is 37.3 Å². The predicted octanol–water partition coefficient (Wildman–Crippen LogP) is 2.25. The summed E-state index contributed by atoms with van der Waals surface area (Å²) >= 11 is 0. The molecule has 0 spiro atoms. The summed E-state index contributed by atoms with van der Waals surface area (Å²) in [6, 6.07) is 0. The Hall–Kier alpha value is -0.0400. The van der Waals surface area contributed by atoms with Crippen molar-refractivity contribution in [3.63, 3.8) is 0 Å². The van der Waals surface area contributed by atoms with Gasteiger partial charge in [-0.25, -0.2) is 0 Å². The van der Waals surface area contributed by atoms with Crippen LogP contribution in [0.5, 0.6) is 0 Å². The summed E-state index contributed by atoms with van der Waals surface area (Å²) in [6.07, 6.45) is 2.59. The van der Waals surface area contributed by atoms with Crippen LogP contribution >= 0.6 is 24.0 Å². The van der Waals surface area contributed by atoms with E-state index in [9.17, 15) is 0 Å². The molecule has 2 fully saturated rings. The van der Waals surface area contributed by atoms with Gasteiger partial charge in [-0.1, -0.05) is 20.8 Å². The number of rotatable bonds is 3. The summed E-state index contributed by atoms with van der Waals surface area (Å²) in [4.78, 5) is 9.40. The van der Waals surface area contributed by atoms with Gasteiger partial charge in [0, 0.05) is 33.2 Å². The van der Waals surface area contributed by atoms with Crippen molar-refractivity contribution in [1.29, 1.82) is 0 Å². The Morgan fingerprint density at radius 1 is 1.35 bits per heavy atom. The molecule has 2 heterocycles. The highest BCUT2D eigenvalue weighted by Crippen LogP contribution is 2.28. The third-order valence-corrected chi connectivity index (χ3v) is 4.55. The molecular weight excluding hydrogens is 363 g/mol. The van der Waals surface area contributed by atoms with Crippen molar-refractivity contribution in [3.8, 4) is 0 Å². The van der Waals surface area contributed by atoms with Crippen LogP contribution in [0.1, 0.15) is 33.6 Å². The van der Waals surface area contributed by atoms with Crippen LogP contribution in [0.3, 0.4) is 0 Å².